The Morgan fingerprint density at radius 3 is 2.67 bits per heavy atom. The highest BCUT2D eigenvalue weighted by Gasteiger charge is 2.25. The van der Waals surface area contributed by atoms with Gasteiger partial charge in [-0.2, -0.15) is 0 Å². The fraction of sp³-hybridized carbons (Fsp3) is 1.00. The Morgan fingerprint density at radius 1 is 1.13 bits per heavy atom. The molecule has 0 radical (unpaired) electrons. The predicted molar refractivity (Wildman–Crippen MR) is 64.9 cm³/mol. The zero-order valence-electron chi connectivity index (χ0n) is 10.2. The van der Waals surface area contributed by atoms with Gasteiger partial charge in [0.05, 0.1) is 0 Å². The van der Waals surface area contributed by atoms with E-state index in [2.05, 4.69) is 12.2 Å². The molecule has 0 aromatic heterocycles. The molecule has 1 rings (SSSR count). The lowest BCUT2D eigenvalue weighted by atomic mass is 9.97. The minimum Gasteiger partial charge on any atom is -0.396 e. The molecule has 0 amide bonds. The van der Waals surface area contributed by atoms with E-state index in [9.17, 15) is 5.11 Å². The van der Waals surface area contributed by atoms with E-state index >= 15 is 0 Å². The Balaban J connectivity index is 1.95. The molecule has 0 aliphatic heterocycles. The first-order chi connectivity index (χ1) is 7.38. The number of hydrogen-bond acceptors (Lipinski definition) is 2. The van der Waals surface area contributed by atoms with Crippen LogP contribution in [0.4, 0.5) is 0 Å². The third-order valence-corrected chi connectivity index (χ3v) is 3.66. The van der Waals surface area contributed by atoms with Gasteiger partial charge in [0.1, 0.15) is 0 Å². The van der Waals surface area contributed by atoms with Gasteiger partial charge in [0, 0.05) is 6.61 Å². The van der Waals surface area contributed by atoms with Crippen LogP contribution in [-0.2, 0) is 0 Å². The van der Waals surface area contributed by atoms with Crippen LogP contribution in [0.5, 0.6) is 0 Å². The van der Waals surface area contributed by atoms with Crippen molar-refractivity contribution in [2.24, 2.45) is 11.8 Å². The summed E-state index contributed by atoms with van der Waals surface area (Å²) in [5, 5.41) is 12.7. The monoisotopic (exact) mass is 213 g/mol. The van der Waals surface area contributed by atoms with Crippen molar-refractivity contribution in [1.29, 1.82) is 0 Å². The topological polar surface area (TPSA) is 32.3 Å². The van der Waals surface area contributed by atoms with Crippen molar-refractivity contribution in [3.63, 3.8) is 0 Å². The highest BCUT2D eigenvalue weighted by molar-refractivity contribution is 4.78. The van der Waals surface area contributed by atoms with E-state index < -0.39 is 0 Å². The number of aliphatic hydroxyl groups excluding tert-OH is 1. The molecule has 1 aliphatic rings. The van der Waals surface area contributed by atoms with Crippen molar-refractivity contribution in [2.45, 2.75) is 51.9 Å². The molecular weight excluding hydrogens is 186 g/mol. The summed E-state index contributed by atoms with van der Waals surface area (Å²) in [7, 11) is 0. The van der Waals surface area contributed by atoms with Gasteiger partial charge in [0.2, 0.25) is 0 Å². The molecule has 2 heteroatoms. The van der Waals surface area contributed by atoms with Gasteiger partial charge in [-0.1, -0.05) is 32.6 Å². The summed E-state index contributed by atoms with van der Waals surface area (Å²) in [4.78, 5) is 0. The zero-order valence-corrected chi connectivity index (χ0v) is 10.2. The quantitative estimate of drug-likeness (QED) is 0.607. The van der Waals surface area contributed by atoms with Crippen molar-refractivity contribution in [3.05, 3.63) is 0 Å². The Bertz CT molecular complexity index is 149. The zero-order chi connectivity index (χ0) is 10.9. The van der Waals surface area contributed by atoms with Gasteiger partial charge in [0.25, 0.3) is 0 Å². The number of unbranched alkanes of at least 4 members (excludes halogenated alkanes) is 3. The van der Waals surface area contributed by atoms with E-state index in [1.807, 2.05) is 0 Å². The van der Waals surface area contributed by atoms with E-state index in [0.29, 0.717) is 12.5 Å². The van der Waals surface area contributed by atoms with Crippen LogP contribution in [0.3, 0.4) is 0 Å². The van der Waals surface area contributed by atoms with Crippen LogP contribution >= 0.6 is 0 Å². The van der Waals surface area contributed by atoms with Gasteiger partial charge in [0.15, 0.2) is 0 Å². The lowest BCUT2D eigenvalue weighted by molar-refractivity contribution is 0.192. The van der Waals surface area contributed by atoms with Gasteiger partial charge < -0.3 is 10.4 Å². The molecule has 0 aromatic rings. The molecule has 1 aliphatic carbocycles. The van der Waals surface area contributed by atoms with Crippen LogP contribution < -0.4 is 5.32 Å². The van der Waals surface area contributed by atoms with Crippen LogP contribution in [-0.4, -0.2) is 24.8 Å². The second-order valence-electron chi connectivity index (χ2n) is 4.90. The lowest BCUT2D eigenvalue weighted by Crippen LogP contribution is -2.27. The normalized spacial score (nSPS) is 26.0. The molecular formula is C13H27NO. The van der Waals surface area contributed by atoms with E-state index in [0.717, 1.165) is 19.0 Å². The summed E-state index contributed by atoms with van der Waals surface area (Å²) >= 11 is 0. The molecule has 2 N–H and O–H groups in total. The highest BCUT2D eigenvalue weighted by Crippen LogP contribution is 2.30. The van der Waals surface area contributed by atoms with E-state index in [-0.39, 0.29) is 0 Å². The Morgan fingerprint density at radius 2 is 1.93 bits per heavy atom. The first kappa shape index (κ1) is 13.0. The van der Waals surface area contributed by atoms with Crippen molar-refractivity contribution in [1.82, 2.24) is 5.32 Å². The predicted octanol–water partition coefficient (Wildman–Crippen LogP) is 2.56. The Kier molecular flexibility index (Phi) is 7.03. The van der Waals surface area contributed by atoms with Crippen LogP contribution in [0.25, 0.3) is 0 Å². The lowest BCUT2D eigenvalue weighted by Gasteiger charge is -2.17. The van der Waals surface area contributed by atoms with Crippen molar-refractivity contribution in [3.8, 4) is 0 Å². The van der Waals surface area contributed by atoms with Crippen molar-refractivity contribution in [2.75, 3.05) is 19.7 Å². The van der Waals surface area contributed by atoms with Gasteiger partial charge in [-0.3, -0.25) is 0 Å². The van der Waals surface area contributed by atoms with Crippen LogP contribution in [0, 0.1) is 11.8 Å². The SMILES string of the molecule is CCCCCCNCC1CCCC1CO. The van der Waals surface area contributed by atoms with E-state index in [4.69, 9.17) is 0 Å². The van der Waals surface area contributed by atoms with Crippen LogP contribution in [0.1, 0.15) is 51.9 Å². The minimum atomic E-state index is 0.391. The van der Waals surface area contributed by atoms with Gasteiger partial charge in [-0.25, -0.2) is 0 Å². The summed E-state index contributed by atoms with van der Waals surface area (Å²) in [6.07, 6.45) is 9.21. The average molecular weight is 213 g/mol. The van der Waals surface area contributed by atoms with Gasteiger partial charge >= 0.3 is 0 Å². The van der Waals surface area contributed by atoms with Gasteiger partial charge in [-0.15, -0.1) is 0 Å². The second-order valence-corrected chi connectivity index (χ2v) is 4.90. The second kappa shape index (κ2) is 8.12. The Labute approximate surface area is 94.5 Å². The molecule has 90 valence electrons. The van der Waals surface area contributed by atoms with Crippen LogP contribution in [0.15, 0.2) is 0 Å². The summed E-state index contributed by atoms with van der Waals surface area (Å²) < 4.78 is 0. The molecule has 0 spiro atoms. The maximum absolute atomic E-state index is 9.18. The summed E-state index contributed by atoms with van der Waals surface area (Å²) in [5.41, 5.74) is 0. The number of rotatable bonds is 8. The molecule has 0 heterocycles. The molecule has 2 unspecified atom stereocenters. The maximum Gasteiger partial charge on any atom is 0.0462 e. The standard InChI is InChI=1S/C13H27NO/c1-2-3-4-5-9-14-10-12-7-6-8-13(12)11-15/h12-15H,2-11H2,1H3. The minimum absolute atomic E-state index is 0.391. The first-order valence-electron chi connectivity index (χ1n) is 6.70. The number of aliphatic hydroxyl groups is 1. The average Bonchev–Trinajstić information content (AvgIpc) is 2.70. The molecule has 2 nitrogen and oxygen atoms in total. The maximum atomic E-state index is 9.18. The molecule has 1 saturated carbocycles. The molecule has 0 bridgehead atoms. The van der Waals surface area contributed by atoms with Crippen molar-refractivity contribution >= 4 is 0 Å². The third-order valence-electron chi connectivity index (χ3n) is 3.66. The van der Waals surface area contributed by atoms with Gasteiger partial charge in [-0.05, 0) is 44.2 Å². The fourth-order valence-corrected chi connectivity index (χ4v) is 2.59. The highest BCUT2D eigenvalue weighted by atomic mass is 16.3. The van der Waals surface area contributed by atoms with E-state index in [1.54, 1.807) is 0 Å². The largest absolute Gasteiger partial charge is 0.396 e. The smallest absolute Gasteiger partial charge is 0.0462 e. The molecule has 0 saturated heterocycles. The molecule has 2 atom stereocenters. The summed E-state index contributed by atoms with van der Waals surface area (Å²) in [6.45, 7) is 4.92. The third kappa shape index (κ3) is 4.98. The number of hydrogen-bond donors (Lipinski definition) is 2. The van der Waals surface area contributed by atoms with E-state index in [1.165, 1.54) is 44.9 Å². The van der Waals surface area contributed by atoms with Crippen molar-refractivity contribution < 1.29 is 5.11 Å². The summed E-state index contributed by atoms with van der Waals surface area (Å²) in [6, 6.07) is 0. The molecule has 15 heavy (non-hydrogen) atoms. The molecule has 1 fully saturated rings. The first-order valence-corrected chi connectivity index (χ1v) is 6.70. The summed E-state index contributed by atoms with van der Waals surface area (Å²) in [5.74, 6) is 1.31. The fourth-order valence-electron chi connectivity index (χ4n) is 2.59. The Hall–Kier alpha value is -0.0800. The van der Waals surface area contributed by atoms with Crippen LogP contribution in [0.2, 0.25) is 0 Å². The molecule has 0 aromatic carbocycles. The number of nitrogens with one attached hydrogen (secondary N) is 1.